The maximum atomic E-state index is 13.1. The molecule has 1 unspecified atom stereocenters. The van der Waals surface area contributed by atoms with Crippen molar-refractivity contribution in [2.24, 2.45) is 0 Å². The van der Waals surface area contributed by atoms with E-state index in [2.05, 4.69) is 32.2 Å². The molecule has 0 bridgehead atoms. The molecule has 7 nitrogen and oxygen atoms in total. The predicted octanol–water partition coefficient (Wildman–Crippen LogP) is 4.09. The van der Waals surface area contributed by atoms with Crippen molar-refractivity contribution in [2.45, 2.75) is 33.2 Å². The highest BCUT2D eigenvalue weighted by molar-refractivity contribution is 5.96. The van der Waals surface area contributed by atoms with Gasteiger partial charge in [-0.3, -0.25) is 19.7 Å². The number of imidazole rings is 1. The van der Waals surface area contributed by atoms with E-state index < -0.39 is 0 Å². The monoisotopic (exact) mass is 412 g/mol. The average Bonchev–Trinajstić information content (AvgIpc) is 3.29. The van der Waals surface area contributed by atoms with Gasteiger partial charge in [-0.2, -0.15) is 0 Å². The molecule has 0 radical (unpaired) electrons. The fourth-order valence-corrected chi connectivity index (χ4v) is 3.39. The molecular weight excluding hydrogens is 388 g/mol. The van der Waals surface area contributed by atoms with Crippen LogP contribution in [-0.4, -0.2) is 30.4 Å². The normalized spacial score (nSPS) is 11.8. The number of rotatable bonds is 6. The van der Waals surface area contributed by atoms with Crippen molar-refractivity contribution in [3.8, 4) is 16.9 Å². The lowest BCUT2D eigenvalue weighted by Gasteiger charge is -2.15. The molecule has 7 heteroatoms. The van der Waals surface area contributed by atoms with Crippen LogP contribution in [0.1, 0.15) is 47.3 Å². The molecule has 31 heavy (non-hydrogen) atoms. The first-order chi connectivity index (χ1) is 15.0. The highest BCUT2D eigenvalue weighted by Crippen LogP contribution is 2.24. The topological polar surface area (TPSA) is 85.6 Å². The minimum absolute atomic E-state index is 0.188. The molecule has 4 rings (SSSR count). The van der Waals surface area contributed by atoms with Crippen molar-refractivity contribution in [3.05, 3.63) is 90.2 Å². The van der Waals surface area contributed by atoms with Gasteiger partial charge in [0.15, 0.2) is 0 Å². The van der Waals surface area contributed by atoms with Crippen LogP contribution in [0.3, 0.4) is 0 Å². The van der Waals surface area contributed by atoms with E-state index in [1.807, 2.05) is 61.1 Å². The Morgan fingerprint density at radius 2 is 1.94 bits per heavy atom. The van der Waals surface area contributed by atoms with Gasteiger partial charge in [0.25, 0.3) is 5.91 Å². The summed E-state index contributed by atoms with van der Waals surface area (Å²) in [5, 5.41) is 3.01. The van der Waals surface area contributed by atoms with Crippen LogP contribution in [-0.2, 0) is 6.42 Å². The molecule has 0 saturated heterocycles. The quantitative estimate of drug-likeness (QED) is 0.516. The van der Waals surface area contributed by atoms with E-state index in [1.54, 1.807) is 24.8 Å². The number of carbonyl (C=O) groups excluding carboxylic acids is 1. The smallest absolute Gasteiger partial charge is 0.251 e. The van der Waals surface area contributed by atoms with E-state index in [-0.39, 0.29) is 11.9 Å². The van der Waals surface area contributed by atoms with Crippen molar-refractivity contribution in [1.82, 2.24) is 29.8 Å². The second-order valence-electron chi connectivity index (χ2n) is 7.38. The van der Waals surface area contributed by atoms with Crippen molar-refractivity contribution in [2.75, 3.05) is 0 Å². The fourth-order valence-electron chi connectivity index (χ4n) is 3.39. The third kappa shape index (κ3) is 4.50. The van der Waals surface area contributed by atoms with Crippen LogP contribution in [0.5, 0.6) is 0 Å². The molecule has 1 atom stereocenters. The molecule has 0 spiro atoms. The zero-order valence-corrected chi connectivity index (χ0v) is 17.8. The number of nitrogens with one attached hydrogen (secondary N) is 1. The van der Waals surface area contributed by atoms with Crippen LogP contribution in [0.15, 0.2) is 67.5 Å². The van der Waals surface area contributed by atoms with Gasteiger partial charge in [-0.15, -0.1) is 0 Å². The molecule has 1 amide bonds. The Morgan fingerprint density at radius 1 is 1.06 bits per heavy atom. The van der Waals surface area contributed by atoms with Gasteiger partial charge >= 0.3 is 0 Å². The molecular formula is C24H24N6O. The highest BCUT2D eigenvalue weighted by atomic mass is 16.1. The number of amides is 1. The summed E-state index contributed by atoms with van der Waals surface area (Å²) < 4.78 is 2.00. The van der Waals surface area contributed by atoms with Crippen molar-refractivity contribution < 1.29 is 4.79 Å². The third-order valence-electron chi connectivity index (χ3n) is 5.07. The number of hydrogen-bond acceptors (Lipinski definition) is 5. The lowest BCUT2D eigenvalue weighted by Crippen LogP contribution is -2.27. The molecule has 0 aliphatic carbocycles. The number of hydrogen-bond donors (Lipinski definition) is 1. The summed E-state index contributed by atoms with van der Waals surface area (Å²) >= 11 is 0. The Morgan fingerprint density at radius 3 is 2.65 bits per heavy atom. The number of nitrogens with zero attached hydrogens (tertiary/aromatic N) is 5. The first-order valence-corrected chi connectivity index (χ1v) is 10.2. The molecule has 1 aromatic carbocycles. The van der Waals surface area contributed by atoms with Gasteiger partial charge in [0, 0.05) is 54.2 Å². The molecule has 0 saturated carbocycles. The molecule has 4 aromatic rings. The highest BCUT2D eigenvalue weighted by Gasteiger charge is 2.16. The van der Waals surface area contributed by atoms with E-state index in [0.29, 0.717) is 11.3 Å². The number of pyridine rings is 1. The second kappa shape index (κ2) is 8.87. The molecule has 3 heterocycles. The van der Waals surface area contributed by atoms with Crippen molar-refractivity contribution in [3.63, 3.8) is 0 Å². The van der Waals surface area contributed by atoms with Crippen molar-refractivity contribution >= 4 is 5.91 Å². The Labute approximate surface area is 181 Å². The van der Waals surface area contributed by atoms with Gasteiger partial charge in [0.05, 0.1) is 23.6 Å². The van der Waals surface area contributed by atoms with E-state index in [1.165, 1.54) is 0 Å². The van der Waals surface area contributed by atoms with Gasteiger partial charge in [-0.05, 0) is 43.7 Å². The Balaban J connectivity index is 1.74. The maximum Gasteiger partial charge on any atom is 0.251 e. The SMILES string of the molecule is CCc1nccn1-c1cc(C(=O)NC(C)c2cnccn2)cc(-c2ccc(C)cn2)c1. The molecule has 0 aliphatic heterocycles. The largest absolute Gasteiger partial charge is 0.344 e. The number of benzene rings is 1. The van der Waals surface area contributed by atoms with Crippen LogP contribution in [0.25, 0.3) is 16.9 Å². The summed E-state index contributed by atoms with van der Waals surface area (Å²) in [6, 6.07) is 9.47. The standard InChI is InChI=1S/C24H24N6O/c1-4-23-27-9-10-30(23)20-12-18(21-6-5-16(2)14-28-21)11-19(13-20)24(31)29-17(3)22-15-25-7-8-26-22/h5-15,17H,4H2,1-3H3,(H,29,31). The molecule has 1 N–H and O–H groups in total. The zero-order chi connectivity index (χ0) is 21.8. The second-order valence-corrected chi connectivity index (χ2v) is 7.38. The van der Waals surface area contributed by atoms with Gasteiger partial charge in [0.1, 0.15) is 5.82 Å². The first kappa shape index (κ1) is 20.4. The fraction of sp³-hybridized carbons (Fsp3) is 0.208. The van der Waals surface area contributed by atoms with E-state index in [0.717, 1.165) is 34.8 Å². The van der Waals surface area contributed by atoms with E-state index in [4.69, 9.17) is 0 Å². The molecule has 3 aromatic heterocycles. The summed E-state index contributed by atoms with van der Waals surface area (Å²) in [7, 11) is 0. The maximum absolute atomic E-state index is 13.1. The van der Waals surface area contributed by atoms with Crippen LogP contribution in [0.4, 0.5) is 0 Å². The minimum Gasteiger partial charge on any atom is -0.344 e. The molecule has 0 aliphatic rings. The summed E-state index contributed by atoms with van der Waals surface area (Å²) in [6.45, 7) is 5.94. The van der Waals surface area contributed by atoms with Gasteiger partial charge in [0.2, 0.25) is 0 Å². The Hall–Kier alpha value is -3.87. The number of aryl methyl sites for hydroxylation is 2. The van der Waals surface area contributed by atoms with Gasteiger partial charge < -0.3 is 9.88 Å². The Kier molecular flexibility index (Phi) is 5.84. The van der Waals surface area contributed by atoms with Gasteiger partial charge in [-0.25, -0.2) is 4.98 Å². The van der Waals surface area contributed by atoms with Crippen LogP contribution >= 0.6 is 0 Å². The van der Waals surface area contributed by atoms with Crippen LogP contribution < -0.4 is 5.32 Å². The van der Waals surface area contributed by atoms with Crippen molar-refractivity contribution in [1.29, 1.82) is 0 Å². The zero-order valence-electron chi connectivity index (χ0n) is 17.8. The van der Waals surface area contributed by atoms with Gasteiger partial charge in [-0.1, -0.05) is 13.0 Å². The summed E-state index contributed by atoms with van der Waals surface area (Å²) in [4.78, 5) is 30.5. The third-order valence-corrected chi connectivity index (χ3v) is 5.07. The predicted molar refractivity (Wildman–Crippen MR) is 119 cm³/mol. The first-order valence-electron chi connectivity index (χ1n) is 10.2. The van der Waals surface area contributed by atoms with Crippen LogP contribution in [0.2, 0.25) is 0 Å². The number of carbonyl (C=O) groups is 1. The van der Waals surface area contributed by atoms with E-state index in [9.17, 15) is 4.79 Å². The summed E-state index contributed by atoms with van der Waals surface area (Å²) in [6.07, 6.45) is 11.2. The van der Waals surface area contributed by atoms with Crippen LogP contribution in [0, 0.1) is 6.92 Å². The Bertz CT molecular complexity index is 1180. The average molecular weight is 412 g/mol. The molecule has 0 fully saturated rings. The van der Waals surface area contributed by atoms with E-state index >= 15 is 0 Å². The summed E-state index contributed by atoms with van der Waals surface area (Å²) in [5.41, 5.74) is 4.87. The lowest BCUT2D eigenvalue weighted by molar-refractivity contribution is 0.0939. The minimum atomic E-state index is -0.273. The summed E-state index contributed by atoms with van der Waals surface area (Å²) in [5.74, 6) is 0.736. The lowest BCUT2D eigenvalue weighted by atomic mass is 10.0. The molecule has 156 valence electrons. The number of aromatic nitrogens is 5.